The number of nitrogens with zero attached hydrogens (tertiary/aromatic N) is 1. The maximum absolute atomic E-state index is 11.7. The molecule has 108 valence electrons. The van der Waals surface area contributed by atoms with Crippen molar-refractivity contribution in [2.75, 3.05) is 24.6 Å². The lowest BCUT2D eigenvalue weighted by Gasteiger charge is -2.33. The average Bonchev–Trinajstić information content (AvgIpc) is 2.47. The zero-order valence-electron chi connectivity index (χ0n) is 12.1. The van der Waals surface area contributed by atoms with Gasteiger partial charge >= 0.3 is 5.97 Å². The SMILES string of the molecule is CCOC(=O)C1CCN(c2cccc(C)c2C=O)CC1. The lowest BCUT2D eigenvalue weighted by Crippen LogP contribution is -2.37. The van der Waals surface area contributed by atoms with Crippen LogP contribution in [0.5, 0.6) is 0 Å². The largest absolute Gasteiger partial charge is 0.466 e. The molecule has 1 aliphatic heterocycles. The summed E-state index contributed by atoms with van der Waals surface area (Å²) in [4.78, 5) is 25.2. The molecule has 0 amide bonds. The number of esters is 1. The minimum atomic E-state index is -0.0907. The molecule has 0 spiro atoms. The van der Waals surface area contributed by atoms with E-state index in [0.717, 1.165) is 49.0 Å². The van der Waals surface area contributed by atoms with E-state index in [-0.39, 0.29) is 11.9 Å². The zero-order valence-corrected chi connectivity index (χ0v) is 12.1. The van der Waals surface area contributed by atoms with Crippen molar-refractivity contribution >= 4 is 17.9 Å². The first-order valence-electron chi connectivity index (χ1n) is 7.13. The Kier molecular flexibility index (Phi) is 4.77. The molecule has 1 heterocycles. The van der Waals surface area contributed by atoms with Gasteiger partial charge in [0, 0.05) is 24.3 Å². The Morgan fingerprint density at radius 3 is 2.70 bits per heavy atom. The van der Waals surface area contributed by atoms with Crippen LogP contribution in [0.2, 0.25) is 0 Å². The number of anilines is 1. The molecular formula is C16H21NO3. The van der Waals surface area contributed by atoms with Gasteiger partial charge < -0.3 is 9.64 Å². The number of hydrogen-bond donors (Lipinski definition) is 0. The Balaban J connectivity index is 2.06. The van der Waals surface area contributed by atoms with Crippen LogP contribution in [-0.2, 0) is 9.53 Å². The lowest BCUT2D eigenvalue weighted by molar-refractivity contribution is -0.148. The smallest absolute Gasteiger partial charge is 0.309 e. The summed E-state index contributed by atoms with van der Waals surface area (Å²) in [6, 6.07) is 5.88. The first kappa shape index (κ1) is 14.6. The molecule has 0 N–H and O–H groups in total. The number of benzene rings is 1. The monoisotopic (exact) mass is 275 g/mol. The molecule has 0 atom stereocenters. The highest BCUT2D eigenvalue weighted by Gasteiger charge is 2.27. The molecule has 1 aliphatic rings. The summed E-state index contributed by atoms with van der Waals surface area (Å²) in [6.07, 6.45) is 2.48. The molecule has 4 heteroatoms. The molecule has 1 saturated heterocycles. The maximum atomic E-state index is 11.7. The first-order valence-corrected chi connectivity index (χ1v) is 7.13. The summed E-state index contributed by atoms with van der Waals surface area (Å²) in [6.45, 7) is 5.78. The third-order valence-electron chi connectivity index (χ3n) is 3.87. The summed E-state index contributed by atoms with van der Waals surface area (Å²) in [5, 5.41) is 0. The van der Waals surface area contributed by atoms with E-state index >= 15 is 0 Å². The standard InChI is InChI=1S/C16H21NO3/c1-3-20-16(19)13-7-9-17(10-8-13)15-6-4-5-12(2)14(15)11-18/h4-6,11,13H,3,7-10H2,1-2H3. The molecule has 1 fully saturated rings. The minimum Gasteiger partial charge on any atom is -0.466 e. The van der Waals surface area contributed by atoms with Crippen LogP contribution >= 0.6 is 0 Å². The van der Waals surface area contributed by atoms with Crippen molar-refractivity contribution in [1.29, 1.82) is 0 Å². The van der Waals surface area contributed by atoms with Crippen LogP contribution < -0.4 is 4.90 Å². The Labute approximate surface area is 119 Å². The van der Waals surface area contributed by atoms with Crippen LogP contribution in [-0.4, -0.2) is 32.0 Å². The van der Waals surface area contributed by atoms with E-state index in [9.17, 15) is 9.59 Å². The van der Waals surface area contributed by atoms with Crippen LogP contribution in [0.4, 0.5) is 5.69 Å². The Morgan fingerprint density at radius 1 is 1.40 bits per heavy atom. The van der Waals surface area contributed by atoms with Crippen molar-refractivity contribution in [2.24, 2.45) is 5.92 Å². The van der Waals surface area contributed by atoms with Gasteiger partial charge in [0.05, 0.1) is 12.5 Å². The predicted octanol–water partition coefficient (Wildman–Crippen LogP) is 2.59. The summed E-state index contributed by atoms with van der Waals surface area (Å²) in [7, 11) is 0. The number of carbonyl (C=O) groups is 2. The van der Waals surface area contributed by atoms with Gasteiger partial charge in [0.2, 0.25) is 0 Å². The van der Waals surface area contributed by atoms with Gasteiger partial charge in [-0.25, -0.2) is 0 Å². The van der Waals surface area contributed by atoms with Crippen molar-refractivity contribution in [3.8, 4) is 0 Å². The van der Waals surface area contributed by atoms with E-state index in [1.165, 1.54) is 0 Å². The molecule has 0 unspecified atom stereocenters. The van der Waals surface area contributed by atoms with Crippen LogP contribution in [0, 0.1) is 12.8 Å². The normalized spacial score (nSPS) is 16.0. The molecule has 0 aliphatic carbocycles. The van der Waals surface area contributed by atoms with E-state index in [0.29, 0.717) is 6.61 Å². The van der Waals surface area contributed by atoms with E-state index in [4.69, 9.17) is 4.74 Å². The van der Waals surface area contributed by atoms with Crippen LogP contribution in [0.15, 0.2) is 18.2 Å². The number of rotatable bonds is 4. The molecule has 4 nitrogen and oxygen atoms in total. The van der Waals surface area contributed by atoms with Gasteiger partial charge in [-0.1, -0.05) is 12.1 Å². The van der Waals surface area contributed by atoms with Gasteiger partial charge in [-0.2, -0.15) is 0 Å². The van der Waals surface area contributed by atoms with E-state index < -0.39 is 0 Å². The number of carbonyl (C=O) groups excluding carboxylic acids is 2. The van der Waals surface area contributed by atoms with E-state index in [2.05, 4.69) is 4.90 Å². The molecule has 0 saturated carbocycles. The molecule has 0 aromatic heterocycles. The Morgan fingerprint density at radius 2 is 2.10 bits per heavy atom. The molecular weight excluding hydrogens is 254 g/mol. The third-order valence-corrected chi connectivity index (χ3v) is 3.87. The molecule has 0 radical (unpaired) electrons. The highest BCUT2D eigenvalue weighted by atomic mass is 16.5. The topological polar surface area (TPSA) is 46.6 Å². The molecule has 1 aromatic rings. The van der Waals surface area contributed by atoms with Gasteiger partial charge in [0.1, 0.15) is 0 Å². The summed E-state index contributed by atoms with van der Waals surface area (Å²) in [5.41, 5.74) is 2.72. The third kappa shape index (κ3) is 3.00. The predicted molar refractivity (Wildman–Crippen MR) is 78.1 cm³/mol. The summed E-state index contributed by atoms with van der Waals surface area (Å²) >= 11 is 0. The van der Waals surface area contributed by atoms with Gasteiger partial charge in [0.25, 0.3) is 0 Å². The van der Waals surface area contributed by atoms with E-state index in [1.807, 2.05) is 32.0 Å². The first-order chi connectivity index (χ1) is 9.67. The Hall–Kier alpha value is -1.84. The second-order valence-corrected chi connectivity index (χ2v) is 5.14. The highest BCUT2D eigenvalue weighted by Crippen LogP contribution is 2.27. The van der Waals surface area contributed by atoms with Gasteiger partial charge in [-0.15, -0.1) is 0 Å². The molecule has 1 aromatic carbocycles. The fourth-order valence-corrected chi connectivity index (χ4v) is 2.71. The number of aryl methyl sites for hydroxylation is 1. The number of hydrogen-bond acceptors (Lipinski definition) is 4. The number of aldehydes is 1. The second kappa shape index (κ2) is 6.55. The van der Waals surface area contributed by atoms with Crippen LogP contribution in [0.1, 0.15) is 35.7 Å². The Bertz CT molecular complexity index is 490. The minimum absolute atomic E-state index is 0.00399. The van der Waals surface area contributed by atoms with Crippen molar-refractivity contribution in [2.45, 2.75) is 26.7 Å². The quantitative estimate of drug-likeness (QED) is 0.626. The molecule has 20 heavy (non-hydrogen) atoms. The van der Waals surface area contributed by atoms with Crippen molar-refractivity contribution in [3.05, 3.63) is 29.3 Å². The average molecular weight is 275 g/mol. The highest BCUT2D eigenvalue weighted by molar-refractivity contribution is 5.86. The molecule has 0 bridgehead atoms. The zero-order chi connectivity index (χ0) is 14.5. The second-order valence-electron chi connectivity index (χ2n) is 5.14. The van der Waals surface area contributed by atoms with Gasteiger partial charge in [-0.05, 0) is 38.3 Å². The van der Waals surface area contributed by atoms with Gasteiger partial charge in [0.15, 0.2) is 6.29 Å². The maximum Gasteiger partial charge on any atom is 0.309 e. The number of piperidine rings is 1. The van der Waals surface area contributed by atoms with Gasteiger partial charge in [-0.3, -0.25) is 9.59 Å². The van der Waals surface area contributed by atoms with Crippen molar-refractivity contribution in [1.82, 2.24) is 0 Å². The summed E-state index contributed by atoms with van der Waals surface area (Å²) < 4.78 is 5.07. The van der Waals surface area contributed by atoms with Crippen molar-refractivity contribution in [3.63, 3.8) is 0 Å². The lowest BCUT2D eigenvalue weighted by atomic mass is 9.95. The van der Waals surface area contributed by atoms with E-state index in [1.54, 1.807) is 0 Å². The van der Waals surface area contributed by atoms with Crippen molar-refractivity contribution < 1.29 is 14.3 Å². The molecule has 2 rings (SSSR count). The van der Waals surface area contributed by atoms with Crippen LogP contribution in [0.25, 0.3) is 0 Å². The number of ether oxygens (including phenoxy) is 1. The fraction of sp³-hybridized carbons (Fsp3) is 0.500. The fourth-order valence-electron chi connectivity index (χ4n) is 2.71. The van der Waals surface area contributed by atoms with Crippen LogP contribution in [0.3, 0.4) is 0 Å². The summed E-state index contributed by atoms with van der Waals surface area (Å²) in [5.74, 6) is -0.0947.